The molecular formula is C12H14N4O2S. The van der Waals surface area contributed by atoms with Crippen LogP contribution in [0.1, 0.15) is 18.9 Å². The summed E-state index contributed by atoms with van der Waals surface area (Å²) in [6, 6.07) is 3.86. The highest BCUT2D eigenvalue weighted by Crippen LogP contribution is 2.25. The molecule has 1 aliphatic rings. The number of piperazine rings is 1. The zero-order chi connectivity index (χ0) is 13.2. The second-order valence-corrected chi connectivity index (χ2v) is 5.38. The van der Waals surface area contributed by atoms with Crippen LogP contribution in [0.4, 0.5) is 0 Å². The Labute approximate surface area is 114 Å². The number of hydrogen-bond donors (Lipinski definition) is 1. The third-order valence-corrected chi connectivity index (χ3v) is 4.02. The standard InChI is InChI=1S/C12H14N4O2S/c1-8(16-5-4-13-10(17)7-16)12-14-11(15-18-12)9-3-2-6-19-9/h2-3,6,8H,4-5,7H2,1H3,(H,13,17). The van der Waals surface area contributed by atoms with E-state index >= 15 is 0 Å². The summed E-state index contributed by atoms with van der Waals surface area (Å²) in [7, 11) is 0. The fraction of sp³-hybridized carbons (Fsp3) is 0.417. The number of carbonyl (C=O) groups is 1. The van der Waals surface area contributed by atoms with Gasteiger partial charge in [0.2, 0.25) is 17.6 Å². The molecule has 1 aliphatic heterocycles. The lowest BCUT2D eigenvalue weighted by molar-refractivity contribution is -0.125. The van der Waals surface area contributed by atoms with E-state index in [4.69, 9.17) is 4.52 Å². The molecule has 1 saturated heterocycles. The van der Waals surface area contributed by atoms with Gasteiger partial charge < -0.3 is 9.84 Å². The number of thiophene rings is 1. The molecule has 3 rings (SSSR count). The van der Waals surface area contributed by atoms with E-state index in [-0.39, 0.29) is 11.9 Å². The number of rotatable bonds is 3. The molecule has 19 heavy (non-hydrogen) atoms. The zero-order valence-corrected chi connectivity index (χ0v) is 11.3. The fourth-order valence-electron chi connectivity index (χ4n) is 2.06. The van der Waals surface area contributed by atoms with Crippen LogP contribution in [0, 0.1) is 0 Å². The lowest BCUT2D eigenvalue weighted by atomic mass is 10.2. The van der Waals surface area contributed by atoms with Gasteiger partial charge in [0.1, 0.15) is 0 Å². The molecule has 2 aromatic heterocycles. The quantitative estimate of drug-likeness (QED) is 0.916. The van der Waals surface area contributed by atoms with Crippen LogP contribution in [0.15, 0.2) is 22.0 Å². The molecule has 0 bridgehead atoms. The molecule has 7 heteroatoms. The lowest BCUT2D eigenvalue weighted by Gasteiger charge is -2.29. The van der Waals surface area contributed by atoms with Gasteiger partial charge in [-0.25, -0.2) is 0 Å². The minimum absolute atomic E-state index is 0.0381. The first-order chi connectivity index (χ1) is 9.24. The molecule has 3 heterocycles. The number of nitrogens with one attached hydrogen (secondary N) is 1. The van der Waals surface area contributed by atoms with Crippen LogP contribution in [0.25, 0.3) is 10.7 Å². The van der Waals surface area contributed by atoms with E-state index in [1.807, 2.05) is 29.3 Å². The largest absolute Gasteiger partial charge is 0.354 e. The van der Waals surface area contributed by atoms with Crippen molar-refractivity contribution >= 4 is 17.2 Å². The summed E-state index contributed by atoms with van der Waals surface area (Å²) in [5.41, 5.74) is 0. The number of amides is 1. The van der Waals surface area contributed by atoms with Crippen molar-refractivity contribution < 1.29 is 9.32 Å². The van der Waals surface area contributed by atoms with Gasteiger partial charge in [0.25, 0.3) is 0 Å². The first kappa shape index (κ1) is 12.3. The molecule has 0 aliphatic carbocycles. The Morgan fingerprint density at radius 2 is 2.47 bits per heavy atom. The van der Waals surface area contributed by atoms with Crippen molar-refractivity contribution in [2.75, 3.05) is 19.6 Å². The van der Waals surface area contributed by atoms with Crippen molar-refractivity contribution in [3.05, 3.63) is 23.4 Å². The Hall–Kier alpha value is -1.73. The molecule has 1 unspecified atom stereocenters. The normalized spacial score (nSPS) is 18.3. The molecule has 1 atom stereocenters. The van der Waals surface area contributed by atoms with E-state index in [9.17, 15) is 4.79 Å². The molecule has 1 amide bonds. The van der Waals surface area contributed by atoms with E-state index in [0.717, 1.165) is 11.4 Å². The third-order valence-electron chi connectivity index (χ3n) is 3.16. The number of nitrogens with zero attached hydrogens (tertiary/aromatic N) is 3. The topological polar surface area (TPSA) is 71.3 Å². The lowest BCUT2D eigenvalue weighted by Crippen LogP contribution is -2.48. The summed E-state index contributed by atoms with van der Waals surface area (Å²) in [6.45, 7) is 3.81. The molecule has 0 saturated carbocycles. The predicted molar refractivity (Wildman–Crippen MR) is 70.6 cm³/mol. The predicted octanol–water partition coefficient (Wildman–Crippen LogP) is 1.29. The third kappa shape index (κ3) is 2.52. The van der Waals surface area contributed by atoms with E-state index in [1.54, 1.807) is 11.3 Å². The van der Waals surface area contributed by atoms with E-state index in [0.29, 0.717) is 24.8 Å². The van der Waals surface area contributed by atoms with Crippen molar-refractivity contribution in [3.63, 3.8) is 0 Å². The average molecular weight is 278 g/mol. The molecule has 2 aromatic rings. The maximum Gasteiger partial charge on any atom is 0.244 e. The van der Waals surface area contributed by atoms with E-state index in [1.165, 1.54) is 0 Å². The van der Waals surface area contributed by atoms with Gasteiger partial charge in [-0.2, -0.15) is 4.98 Å². The molecule has 0 aromatic carbocycles. The molecule has 100 valence electrons. The van der Waals surface area contributed by atoms with Gasteiger partial charge in [-0.05, 0) is 18.4 Å². The smallest absolute Gasteiger partial charge is 0.244 e. The van der Waals surface area contributed by atoms with Crippen LogP contribution in [-0.2, 0) is 4.79 Å². The first-order valence-electron chi connectivity index (χ1n) is 6.12. The number of carbonyl (C=O) groups excluding carboxylic acids is 1. The average Bonchev–Trinajstić information content (AvgIpc) is 3.08. The summed E-state index contributed by atoms with van der Waals surface area (Å²) in [6.07, 6.45) is 0. The minimum atomic E-state index is -0.0488. The van der Waals surface area contributed by atoms with E-state index in [2.05, 4.69) is 15.5 Å². The van der Waals surface area contributed by atoms with Gasteiger partial charge in [0, 0.05) is 13.1 Å². The fourth-order valence-corrected chi connectivity index (χ4v) is 2.71. The van der Waals surface area contributed by atoms with Crippen LogP contribution in [-0.4, -0.2) is 40.6 Å². The van der Waals surface area contributed by atoms with Crippen LogP contribution in [0.2, 0.25) is 0 Å². The van der Waals surface area contributed by atoms with Gasteiger partial charge in [-0.15, -0.1) is 11.3 Å². The monoisotopic (exact) mass is 278 g/mol. The zero-order valence-electron chi connectivity index (χ0n) is 10.5. The Kier molecular flexibility index (Phi) is 3.31. The molecule has 6 nitrogen and oxygen atoms in total. The first-order valence-corrected chi connectivity index (χ1v) is 7.00. The van der Waals surface area contributed by atoms with Crippen LogP contribution in [0.3, 0.4) is 0 Å². The molecule has 0 spiro atoms. The van der Waals surface area contributed by atoms with Gasteiger partial charge in [0.05, 0.1) is 17.5 Å². The van der Waals surface area contributed by atoms with Gasteiger partial charge in [-0.1, -0.05) is 11.2 Å². The SMILES string of the molecule is CC(c1nc(-c2cccs2)no1)N1CCNC(=O)C1. The summed E-state index contributed by atoms with van der Waals surface area (Å²) in [5.74, 6) is 1.20. The van der Waals surface area contributed by atoms with Gasteiger partial charge in [-0.3, -0.25) is 9.69 Å². The summed E-state index contributed by atoms with van der Waals surface area (Å²) < 4.78 is 5.31. The summed E-state index contributed by atoms with van der Waals surface area (Å²) in [5, 5.41) is 8.77. The second-order valence-electron chi connectivity index (χ2n) is 4.43. The van der Waals surface area contributed by atoms with Crippen LogP contribution >= 0.6 is 11.3 Å². The molecule has 1 fully saturated rings. The van der Waals surface area contributed by atoms with Gasteiger partial charge in [0.15, 0.2) is 0 Å². The van der Waals surface area contributed by atoms with Crippen LogP contribution < -0.4 is 5.32 Å². The Bertz CT molecular complexity index is 566. The molecule has 0 radical (unpaired) electrons. The van der Waals surface area contributed by atoms with Crippen molar-refractivity contribution in [3.8, 4) is 10.7 Å². The van der Waals surface area contributed by atoms with Crippen molar-refractivity contribution in [2.24, 2.45) is 0 Å². The number of hydrogen-bond acceptors (Lipinski definition) is 6. The van der Waals surface area contributed by atoms with Crippen LogP contribution in [0.5, 0.6) is 0 Å². The molecule has 1 N–H and O–H groups in total. The Balaban J connectivity index is 1.77. The van der Waals surface area contributed by atoms with Gasteiger partial charge >= 0.3 is 0 Å². The number of aromatic nitrogens is 2. The van der Waals surface area contributed by atoms with E-state index < -0.39 is 0 Å². The minimum Gasteiger partial charge on any atom is -0.354 e. The second kappa shape index (κ2) is 5.10. The maximum absolute atomic E-state index is 11.4. The maximum atomic E-state index is 11.4. The highest BCUT2D eigenvalue weighted by molar-refractivity contribution is 7.13. The van der Waals surface area contributed by atoms with Crippen molar-refractivity contribution in [2.45, 2.75) is 13.0 Å². The van der Waals surface area contributed by atoms with Crippen molar-refractivity contribution in [1.82, 2.24) is 20.4 Å². The summed E-state index contributed by atoms with van der Waals surface area (Å²) in [4.78, 5) is 18.8. The highest BCUT2D eigenvalue weighted by atomic mass is 32.1. The molecular weight excluding hydrogens is 264 g/mol. The van der Waals surface area contributed by atoms with Crippen molar-refractivity contribution in [1.29, 1.82) is 0 Å². The Morgan fingerprint density at radius 1 is 1.58 bits per heavy atom. The Morgan fingerprint density at radius 3 is 3.21 bits per heavy atom. The highest BCUT2D eigenvalue weighted by Gasteiger charge is 2.26. The summed E-state index contributed by atoms with van der Waals surface area (Å²) >= 11 is 1.57.